The van der Waals surface area contributed by atoms with Gasteiger partial charge in [0.2, 0.25) is 0 Å². The lowest BCUT2D eigenvalue weighted by atomic mass is 10.0. The molecule has 3 nitrogen and oxygen atoms in total. The van der Waals surface area contributed by atoms with E-state index in [1.54, 1.807) is 7.11 Å². The monoisotopic (exact) mass is 359 g/mol. The highest BCUT2D eigenvalue weighted by molar-refractivity contribution is 7.21. The van der Waals surface area contributed by atoms with Gasteiger partial charge in [-0.25, -0.2) is 0 Å². The molecule has 0 aliphatic rings. The number of fused-ring (bicyclic) bond motifs is 1. The van der Waals surface area contributed by atoms with Crippen molar-refractivity contribution >= 4 is 38.9 Å². The van der Waals surface area contributed by atoms with Crippen LogP contribution in [0.3, 0.4) is 0 Å². The predicted octanol–water partition coefficient (Wildman–Crippen LogP) is 5.44. The summed E-state index contributed by atoms with van der Waals surface area (Å²) < 4.78 is 6.18. The Labute approximate surface area is 150 Å². The zero-order chi connectivity index (χ0) is 17.1. The van der Waals surface area contributed by atoms with Gasteiger partial charge in [-0.1, -0.05) is 48.9 Å². The van der Waals surface area contributed by atoms with E-state index < -0.39 is 0 Å². The number of carbonyl (C=O) groups is 1. The molecule has 3 aromatic rings. The van der Waals surface area contributed by atoms with Crippen molar-refractivity contribution in [3.05, 3.63) is 64.0 Å². The lowest BCUT2D eigenvalue weighted by Gasteiger charge is -2.17. The third-order valence-corrected chi connectivity index (χ3v) is 5.61. The summed E-state index contributed by atoms with van der Waals surface area (Å²) in [4.78, 5) is 13.3. The number of ether oxygens (including phenoxy) is 1. The van der Waals surface area contributed by atoms with Crippen LogP contribution in [0.25, 0.3) is 10.1 Å². The van der Waals surface area contributed by atoms with Crippen LogP contribution in [0, 0.1) is 0 Å². The average Bonchev–Trinajstić information content (AvgIpc) is 2.96. The second kappa shape index (κ2) is 7.24. The van der Waals surface area contributed by atoms with E-state index in [0.29, 0.717) is 9.90 Å². The Morgan fingerprint density at radius 1 is 1.25 bits per heavy atom. The van der Waals surface area contributed by atoms with Crippen LogP contribution in [0.1, 0.15) is 34.6 Å². The third kappa shape index (κ3) is 3.25. The fraction of sp³-hybridized carbons (Fsp3) is 0.211. The summed E-state index contributed by atoms with van der Waals surface area (Å²) in [7, 11) is 1.62. The number of nitrogens with one attached hydrogen (secondary N) is 1. The molecule has 1 amide bonds. The number of benzene rings is 2. The first-order valence-electron chi connectivity index (χ1n) is 7.76. The average molecular weight is 360 g/mol. The van der Waals surface area contributed by atoms with E-state index in [-0.39, 0.29) is 11.9 Å². The van der Waals surface area contributed by atoms with E-state index in [1.165, 1.54) is 11.3 Å². The number of amides is 1. The summed E-state index contributed by atoms with van der Waals surface area (Å²) in [6.07, 6.45) is 0.812. The Bertz CT molecular complexity index is 860. The third-order valence-electron chi connectivity index (χ3n) is 3.96. The Balaban J connectivity index is 1.89. The van der Waals surface area contributed by atoms with E-state index in [2.05, 4.69) is 12.2 Å². The van der Waals surface area contributed by atoms with E-state index in [9.17, 15) is 4.79 Å². The SMILES string of the molecule is CCC(NC(=O)c1sc2cc(OC)ccc2c1Cl)c1ccccc1. The van der Waals surface area contributed by atoms with Crippen molar-refractivity contribution in [1.82, 2.24) is 5.32 Å². The molecular formula is C19H18ClNO2S. The van der Waals surface area contributed by atoms with E-state index in [4.69, 9.17) is 16.3 Å². The number of hydrogen-bond acceptors (Lipinski definition) is 3. The standard InChI is InChI=1S/C19H18ClNO2S/c1-3-15(12-7-5-4-6-8-12)21-19(22)18-17(20)14-10-9-13(23-2)11-16(14)24-18/h4-11,15H,3H2,1-2H3,(H,21,22). The maximum absolute atomic E-state index is 12.7. The molecule has 0 fully saturated rings. The molecule has 1 heterocycles. The minimum atomic E-state index is -0.143. The van der Waals surface area contributed by atoms with Crippen molar-refractivity contribution in [2.45, 2.75) is 19.4 Å². The molecule has 3 rings (SSSR count). The van der Waals surface area contributed by atoms with Crippen molar-refractivity contribution < 1.29 is 9.53 Å². The molecule has 0 radical (unpaired) electrons. The van der Waals surface area contributed by atoms with Crippen molar-refractivity contribution in [2.24, 2.45) is 0 Å². The predicted molar refractivity (Wildman–Crippen MR) is 100 cm³/mol. The molecule has 0 aliphatic carbocycles. The molecule has 0 saturated carbocycles. The molecule has 0 bridgehead atoms. The van der Waals surface area contributed by atoms with Gasteiger partial charge in [0.1, 0.15) is 10.6 Å². The molecule has 0 aliphatic heterocycles. The van der Waals surface area contributed by atoms with Crippen molar-refractivity contribution in [3.8, 4) is 5.75 Å². The molecule has 1 unspecified atom stereocenters. The summed E-state index contributed by atoms with van der Waals surface area (Å²) in [6.45, 7) is 2.05. The minimum Gasteiger partial charge on any atom is -0.497 e. The van der Waals surface area contributed by atoms with E-state index in [1.807, 2.05) is 48.5 Å². The minimum absolute atomic E-state index is 0.0329. The van der Waals surface area contributed by atoms with Gasteiger partial charge in [-0.3, -0.25) is 4.79 Å². The molecule has 0 saturated heterocycles. The number of methoxy groups -OCH3 is 1. The highest BCUT2D eigenvalue weighted by Crippen LogP contribution is 2.37. The van der Waals surface area contributed by atoms with Gasteiger partial charge in [-0.2, -0.15) is 0 Å². The van der Waals surface area contributed by atoms with Gasteiger partial charge in [-0.15, -0.1) is 11.3 Å². The Hall–Kier alpha value is -2.04. The number of halogens is 1. The molecule has 0 spiro atoms. The van der Waals surface area contributed by atoms with Gasteiger partial charge in [-0.05, 0) is 30.2 Å². The topological polar surface area (TPSA) is 38.3 Å². The van der Waals surface area contributed by atoms with E-state index >= 15 is 0 Å². The first-order chi connectivity index (χ1) is 11.6. The van der Waals surface area contributed by atoms with Crippen molar-refractivity contribution in [3.63, 3.8) is 0 Å². The van der Waals surface area contributed by atoms with Crippen LogP contribution in [0.2, 0.25) is 5.02 Å². The first-order valence-corrected chi connectivity index (χ1v) is 8.95. The fourth-order valence-electron chi connectivity index (χ4n) is 2.65. The summed E-state index contributed by atoms with van der Waals surface area (Å²) in [5.74, 6) is 0.610. The van der Waals surface area contributed by atoms with Gasteiger partial charge >= 0.3 is 0 Å². The van der Waals surface area contributed by atoms with Gasteiger partial charge in [0.15, 0.2) is 0 Å². The number of rotatable bonds is 5. The smallest absolute Gasteiger partial charge is 0.263 e. The van der Waals surface area contributed by atoms with Gasteiger partial charge in [0.25, 0.3) is 5.91 Å². The van der Waals surface area contributed by atoms with Crippen molar-refractivity contribution in [1.29, 1.82) is 0 Å². The highest BCUT2D eigenvalue weighted by atomic mass is 35.5. The van der Waals surface area contributed by atoms with Crippen LogP contribution in [0.5, 0.6) is 5.75 Å². The second-order valence-electron chi connectivity index (χ2n) is 5.45. The zero-order valence-corrected chi connectivity index (χ0v) is 15.1. The van der Waals surface area contributed by atoms with Crippen LogP contribution >= 0.6 is 22.9 Å². The van der Waals surface area contributed by atoms with Crippen LogP contribution in [-0.2, 0) is 0 Å². The summed E-state index contributed by atoms with van der Waals surface area (Å²) >= 11 is 7.81. The molecule has 124 valence electrons. The van der Waals surface area contributed by atoms with Crippen LogP contribution in [-0.4, -0.2) is 13.0 Å². The van der Waals surface area contributed by atoms with Gasteiger partial charge in [0.05, 0.1) is 18.2 Å². The maximum Gasteiger partial charge on any atom is 0.263 e. The maximum atomic E-state index is 12.7. The first kappa shape index (κ1) is 16.8. The van der Waals surface area contributed by atoms with Crippen molar-refractivity contribution in [2.75, 3.05) is 7.11 Å². The second-order valence-corrected chi connectivity index (χ2v) is 6.88. The molecule has 1 N–H and O–H groups in total. The van der Waals surface area contributed by atoms with Crippen LogP contribution < -0.4 is 10.1 Å². The quantitative estimate of drug-likeness (QED) is 0.658. The number of carbonyl (C=O) groups excluding carboxylic acids is 1. The molecule has 2 aromatic carbocycles. The molecule has 24 heavy (non-hydrogen) atoms. The van der Waals surface area contributed by atoms with Gasteiger partial charge in [0, 0.05) is 10.1 Å². The number of hydrogen-bond donors (Lipinski definition) is 1. The number of thiophene rings is 1. The molecule has 1 atom stereocenters. The van der Waals surface area contributed by atoms with Gasteiger partial charge < -0.3 is 10.1 Å². The Morgan fingerprint density at radius 3 is 2.67 bits per heavy atom. The fourth-order valence-corrected chi connectivity index (χ4v) is 4.10. The van der Waals surface area contributed by atoms with E-state index in [0.717, 1.165) is 27.8 Å². The summed E-state index contributed by atoms with van der Waals surface area (Å²) in [5, 5.41) is 4.46. The van der Waals surface area contributed by atoms with Crippen LogP contribution in [0.15, 0.2) is 48.5 Å². The largest absolute Gasteiger partial charge is 0.497 e. The van der Waals surface area contributed by atoms with Crippen LogP contribution in [0.4, 0.5) is 0 Å². The Morgan fingerprint density at radius 2 is 2.00 bits per heavy atom. The molecular weight excluding hydrogens is 342 g/mol. The molecule has 1 aromatic heterocycles. The highest BCUT2D eigenvalue weighted by Gasteiger charge is 2.20. The zero-order valence-electron chi connectivity index (χ0n) is 13.5. The Kier molecular flexibility index (Phi) is 5.07. The lowest BCUT2D eigenvalue weighted by molar-refractivity contribution is 0.0940. The lowest BCUT2D eigenvalue weighted by Crippen LogP contribution is -2.27. The normalized spacial score (nSPS) is 12.1. The summed E-state index contributed by atoms with van der Waals surface area (Å²) in [5.41, 5.74) is 1.09. The molecule has 5 heteroatoms. The summed E-state index contributed by atoms with van der Waals surface area (Å²) in [6, 6.07) is 15.6.